The molecular weight excluding hydrogens is 394 g/mol. The highest BCUT2D eigenvalue weighted by Gasteiger charge is 2.23. The van der Waals surface area contributed by atoms with Gasteiger partial charge in [0.1, 0.15) is 22.6 Å². The number of rotatable bonds is 5. The van der Waals surface area contributed by atoms with Gasteiger partial charge in [0, 0.05) is 36.3 Å². The van der Waals surface area contributed by atoms with Crippen LogP contribution in [0.15, 0.2) is 42.6 Å². The number of fused-ring (bicyclic) bond motifs is 1. The lowest BCUT2D eigenvalue weighted by Crippen LogP contribution is -2.17. The van der Waals surface area contributed by atoms with Crippen molar-refractivity contribution >= 4 is 35.0 Å². The zero-order valence-electron chi connectivity index (χ0n) is 15.6. The zero-order valence-corrected chi connectivity index (χ0v) is 17.2. The van der Waals surface area contributed by atoms with E-state index >= 15 is 0 Å². The Labute approximate surface area is 172 Å². The van der Waals surface area contributed by atoms with Crippen molar-refractivity contribution in [2.24, 2.45) is 0 Å². The Hall–Kier alpha value is -2.57. The van der Waals surface area contributed by atoms with Gasteiger partial charge in [-0.25, -0.2) is 4.98 Å². The number of aryl methyl sites for hydroxylation is 1. The summed E-state index contributed by atoms with van der Waals surface area (Å²) >= 11 is 7.70. The first-order valence-electron chi connectivity index (χ1n) is 9.08. The molecule has 0 saturated heterocycles. The first-order chi connectivity index (χ1) is 13.6. The zero-order chi connectivity index (χ0) is 19.7. The van der Waals surface area contributed by atoms with Crippen LogP contribution in [0.5, 0.6) is 5.75 Å². The lowest BCUT2D eigenvalue weighted by atomic mass is 10.1. The smallest absolute Gasteiger partial charge is 0.264 e. The molecule has 1 aliphatic heterocycles. The number of aromatic nitrogens is 2. The maximum Gasteiger partial charge on any atom is 0.264 e. The van der Waals surface area contributed by atoms with Gasteiger partial charge >= 0.3 is 0 Å². The summed E-state index contributed by atoms with van der Waals surface area (Å²) in [6, 6.07) is 9.48. The molecule has 0 fully saturated rings. The maximum atomic E-state index is 12.4. The van der Waals surface area contributed by atoms with Crippen molar-refractivity contribution in [3.05, 3.63) is 63.9 Å². The van der Waals surface area contributed by atoms with Gasteiger partial charge in [0.25, 0.3) is 5.91 Å². The number of amides is 1. The van der Waals surface area contributed by atoms with E-state index in [2.05, 4.69) is 20.9 Å². The molecule has 0 radical (unpaired) electrons. The summed E-state index contributed by atoms with van der Waals surface area (Å²) in [6.07, 6.45) is 7.63. The summed E-state index contributed by atoms with van der Waals surface area (Å²) < 4.78 is 8.25. The van der Waals surface area contributed by atoms with Crippen LogP contribution in [-0.2, 0) is 6.42 Å². The summed E-state index contributed by atoms with van der Waals surface area (Å²) in [6.45, 7) is 1.93. The Balaban J connectivity index is 1.71. The van der Waals surface area contributed by atoms with E-state index in [4.69, 9.17) is 16.3 Å². The second-order valence-corrected chi connectivity index (χ2v) is 7.98. The van der Waals surface area contributed by atoms with E-state index in [-0.39, 0.29) is 12.0 Å². The molecule has 0 aliphatic carbocycles. The molecule has 3 aromatic rings. The molecular formula is C21H20ClN3O2S. The highest BCUT2D eigenvalue weighted by molar-refractivity contribution is 7.17. The summed E-state index contributed by atoms with van der Waals surface area (Å²) in [5.74, 6) is 1.40. The normalized spacial score (nSPS) is 13.8. The number of nitrogens with zero attached hydrogens (tertiary/aromatic N) is 2. The Bertz CT molecular complexity index is 1050. The van der Waals surface area contributed by atoms with Crippen LogP contribution < -0.4 is 10.1 Å². The van der Waals surface area contributed by atoms with Gasteiger partial charge in [-0.1, -0.05) is 35.9 Å². The molecule has 1 amide bonds. The van der Waals surface area contributed by atoms with E-state index in [1.54, 1.807) is 7.05 Å². The average molecular weight is 414 g/mol. The van der Waals surface area contributed by atoms with Gasteiger partial charge in [-0.05, 0) is 19.4 Å². The standard InChI is InChI=1S/C21H20ClN3O2S/c1-13(14-7-3-4-8-15(14)22)27-17-11-18(28-20(17)21(26)23-2)16-12-24-19-9-5-6-10-25(16)19/h3-4,6-8,10-13H,5,9H2,1-2H3,(H,23,26). The molecule has 28 heavy (non-hydrogen) atoms. The number of thiophene rings is 1. The minimum Gasteiger partial charge on any atom is -0.484 e. The van der Waals surface area contributed by atoms with Crippen molar-refractivity contribution in [1.82, 2.24) is 14.9 Å². The van der Waals surface area contributed by atoms with E-state index < -0.39 is 0 Å². The molecule has 3 heterocycles. The largest absolute Gasteiger partial charge is 0.484 e. The van der Waals surface area contributed by atoms with Crippen LogP contribution in [-0.4, -0.2) is 22.5 Å². The van der Waals surface area contributed by atoms with Gasteiger partial charge in [0.05, 0.1) is 16.8 Å². The number of hydrogen-bond acceptors (Lipinski definition) is 4. The predicted octanol–water partition coefficient (Wildman–Crippen LogP) is 5.18. The van der Waals surface area contributed by atoms with Crippen molar-refractivity contribution in [1.29, 1.82) is 0 Å². The quantitative estimate of drug-likeness (QED) is 0.626. The molecule has 1 N–H and O–H groups in total. The average Bonchev–Trinajstić information content (AvgIpc) is 3.31. The van der Waals surface area contributed by atoms with Crippen LogP contribution >= 0.6 is 22.9 Å². The minimum atomic E-state index is -0.293. The van der Waals surface area contributed by atoms with E-state index in [0.29, 0.717) is 15.6 Å². The molecule has 2 aromatic heterocycles. The molecule has 1 atom stereocenters. The van der Waals surface area contributed by atoms with E-state index in [1.807, 2.05) is 49.7 Å². The fraction of sp³-hybridized carbons (Fsp3) is 0.238. The molecule has 1 unspecified atom stereocenters. The molecule has 144 valence electrons. The van der Waals surface area contributed by atoms with Crippen LogP contribution in [0, 0.1) is 0 Å². The summed E-state index contributed by atoms with van der Waals surface area (Å²) in [7, 11) is 1.62. The first-order valence-corrected chi connectivity index (χ1v) is 10.3. The van der Waals surface area contributed by atoms with Gasteiger partial charge in [-0.3, -0.25) is 4.79 Å². The number of nitrogens with one attached hydrogen (secondary N) is 1. The van der Waals surface area contributed by atoms with E-state index in [0.717, 1.165) is 34.8 Å². The van der Waals surface area contributed by atoms with Crippen LogP contribution in [0.25, 0.3) is 16.8 Å². The highest BCUT2D eigenvalue weighted by Crippen LogP contribution is 2.39. The molecule has 0 saturated carbocycles. The van der Waals surface area contributed by atoms with E-state index in [1.165, 1.54) is 11.3 Å². The van der Waals surface area contributed by atoms with Crippen molar-refractivity contribution in [3.8, 4) is 16.3 Å². The number of carbonyl (C=O) groups excluding carboxylic acids is 1. The van der Waals surface area contributed by atoms with Gasteiger partial charge in [0.15, 0.2) is 0 Å². The number of hydrogen-bond donors (Lipinski definition) is 1. The topological polar surface area (TPSA) is 56.2 Å². The number of ether oxygens (including phenoxy) is 1. The highest BCUT2D eigenvalue weighted by atomic mass is 35.5. The molecule has 1 aliphatic rings. The Morgan fingerprint density at radius 3 is 3.00 bits per heavy atom. The summed E-state index contributed by atoms with van der Waals surface area (Å²) in [5.41, 5.74) is 1.84. The summed E-state index contributed by atoms with van der Waals surface area (Å²) in [5, 5.41) is 3.34. The number of carbonyl (C=O) groups is 1. The van der Waals surface area contributed by atoms with E-state index in [9.17, 15) is 4.79 Å². The fourth-order valence-electron chi connectivity index (χ4n) is 3.24. The third-order valence-electron chi connectivity index (χ3n) is 4.69. The second kappa shape index (κ2) is 7.81. The number of imidazole rings is 1. The minimum absolute atomic E-state index is 0.175. The lowest BCUT2D eigenvalue weighted by molar-refractivity contribution is 0.0961. The Kier molecular flexibility index (Phi) is 5.24. The van der Waals surface area contributed by atoms with Gasteiger partial charge in [-0.2, -0.15) is 0 Å². The van der Waals surface area contributed by atoms with Crippen LogP contribution in [0.2, 0.25) is 5.02 Å². The van der Waals surface area contributed by atoms with Crippen molar-refractivity contribution in [2.45, 2.75) is 25.9 Å². The number of benzene rings is 1. The van der Waals surface area contributed by atoms with Gasteiger partial charge in [0.2, 0.25) is 0 Å². The second-order valence-electron chi connectivity index (χ2n) is 6.52. The van der Waals surface area contributed by atoms with Crippen LogP contribution in [0.3, 0.4) is 0 Å². The summed E-state index contributed by atoms with van der Waals surface area (Å²) in [4.78, 5) is 18.4. The fourth-order valence-corrected chi connectivity index (χ4v) is 4.58. The predicted molar refractivity (Wildman–Crippen MR) is 113 cm³/mol. The first kappa shape index (κ1) is 18.8. The van der Waals surface area contributed by atoms with Crippen molar-refractivity contribution in [2.75, 3.05) is 7.05 Å². The van der Waals surface area contributed by atoms with Crippen LogP contribution in [0.1, 0.15) is 40.5 Å². The van der Waals surface area contributed by atoms with Crippen molar-refractivity contribution < 1.29 is 9.53 Å². The Morgan fingerprint density at radius 2 is 2.21 bits per heavy atom. The van der Waals surface area contributed by atoms with Gasteiger partial charge < -0.3 is 14.6 Å². The molecule has 5 nitrogen and oxygen atoms in total. The lowest BCUT2D eigenvalue weighted by Gasteiger charge is -2.16. The third-order valence-corrected chi connectivity index (χ3v) is 6.18. The third kappa shape index (κ3) is 3.45. The number of allylic oxidation sites excluding steroid dienone is 1. The molecule has 0 spiro atoms. The monoisotopic (exact) mass is 413 g/mol. The number of halogens is 1. The Morgan fingerprint density at radius 1 is 1.39 bits per heavy atom. The SMILES string of the molecule is CNC(=O)c1sc(-c2cnc3n2C=CCC3)cc1OC(C)c1ccccc1Cl. The maximum absolute atomic E-state index is 12.4. The van der Waals surface area contributed by atoms with Crippen LogP contribution in [0.4, 0.5) is 0 Å². The van der Waals surface area contributed by atoms with Crippen molar-refractivity contribution in [3.63, 3.8) is 0 Å². The molecule has 4 rings (SSSR count). The molecule has 1 aromatic carbocycles. The molecule has 0 bridgehead atoms. The van der Waals surface area contributed by atoms with Gasteiger partial charge in [-0.15, -0.1) is 11.3 Å². The molecule has 7 heteroatoms.